The van der Waals surface area contributed by atoms with Gasteiger partial charge in [-0.05, 0) is 83.0 Å². The normalized spacial score (nSPS) is 16.9. The number of carbonyl (C=O) groups excluding carboxylic acids is 4. The van der Waals surface area contributed by atoms with E-state index in [4.69, 9.17) is 23.9 Å². The summed E-state index contributed by atoms with van der Waals surface area (Å²) < 4.78 is 23.6. The lowest BCUT2D eigenvalue weighted by Gasteiger charge is -2.35. The molecule has 0 saturated carbocycles. The third-order valence-electron chi connectivity index (χ3n) is 8.93. The first-order chi connectivity index (χ1) is 23.2. The second-order valence-electron chi connectivity index (χ2n) is 15.3. The van der Waals surface area contributed by atoms with Crippen molar-refractivity contribution in [1.82, 2.24) is 14.9 Å². The molecule has 1 aromatic carbocycles. The monoisotopic (exact) mass is 706 g/mol. The van der Waals surface area contributed by atoms with Crippen LogP contribution in [-0.4, -0.2) is 59.5 Å². The van der Waals surface area contributed by atoms with Crippen LogP contribution >= 0.6 is 0 Å². The quantitative estimate of drug-likeness (QED) is 0.144. The van der Waals surface area contributed by atoms with Crippen LogP contribution in [0.4, 0.5) is 15.3 Å². The van der Waals surface area contributed by atoms with Gasteiger partial charge in [-0.2, -0.15) is 0 Å². The molecule has 2 aromatic heterocycles. The molecule has 2 amide bonds. The number of pyridine rings is 2. The fourth-order valence-corrected chi connectivity index (χ4v) is 8.67. The lowest BCUT2D eigenvalue weighted by atomic mass is 9.85. The summed E-state index contributed by atoms with van der Waals surface area (Å²) in [5.74, 6) is -1.71. The van der Waals surface area contributed by atoms with Crippen LogP contribution in [-0.2, 0) is 47.3 Å². The molecular weight excluding hydrogens is 661 g/mol. The van der Waals surface area contributed by atoms with Gasteiger partial charge in [-0.15, -0.1) is 0 Å². The highest BCUT2D eigenvalue weighted by Gasteiger charge is 2.50. The number of aromatic nitrogens is 2. The molecule has 0 saturated heterocycles. The van der Waals surface area contributed by atoms with Gasteiger partial charge in [0.2, 0.25) is 5.60 Å². The maximum Gasteiger partial charge on any atom is 0.412 e. The van der Waals surface area contributed by atoms with E-state index in [0.29, 0.717) is 22.6 Å². The Labute approximate surface area is 292 Å². The van der Waals surface area contributed by atoms with Crippen LogP contribution in [0.1, 0.15) is 78.5 Å². The number of cyclic esters (lactones) is 1. The average Bonchev–Trinajstić information content (AvgIpc) is 3.36. The summed E-state index contributed by atoms with van der Waals surface area (Å²) in [6.45, 7) is 18.2. The SMILES string of the molecule is CCC1(OC(=O)CNC(=O)OC(C)(C)C)C(=O)OCc2c1cc1n(c2=O)Cc2c-1nc1ccc(NC(=O)OC(C)(C)C)cc1c2[Si](C)(C)CC. The second-order valence-corrected chi connectivity index (χ2v) is 20.3. The van der Waals surface area contributed by atoms with Crippen LogP contribution in [0.25, 0.3) is 22.3 Å². The molecule has 3 aromatic rings. The molecule has 1 atom stereocenters. The molecule has 13 nitrogen and oxygen atoms in total. The number of benzene rings is 1. The number of carbonyl (C=O) groups is 4. The number of amides is 2. The molecule has 2 N–H and O–H groups in total. The van der Waals surface area contributed by atoms with Crippen LogP contribution in [0, 0.1) is 0 Å². The summed E-state index contributed by atoms with van der Waals surface area (Å²) in [6, 6.07) is 8.11. The summed E-state index contributed by atoms with van der Waals surface area (Å²) in [6.07, 6.45) is -1.41. The predicted molar refractivity (Wildman–Crippen MR) is 190 cm³/mol. The van der Waals surface area contributed by atoms with Gasteiger partial charge in [0.05, 0.1) is 37.1 Å². The van der Waals surface area contributed by atoms with Gasteiger partial charge in [-0.25, -0.2) is 19.4 Å². The number of hydrogen-bond donors (Lipinski definition) is 2. The molecule has 0 radical (unpaired) electrons. The lowest BCUT2D eigenvalue weighted by Crippen LogP contribution is -2.49. The molecule has 0 fully saturated rings. The first-order valence-electron chi connectivity index (χ1n) is 16.8. The number of nitrogens with one attached hydrogen (secondary N) is 2. The first kappa shape index (κ1) is 36.6. The zero-order chi connectivity index (χ0) is 37.0. The van der Waals surface area contributed by atoms with E-state index in [2.05, 4.69) is 30.7 Å². The van der Waals surface area contributed by atoms with Gasteiger partial charge >= 0.3 is 24.1 Å². The average molecular weight is 707 g/mol. The van der Waals surface area contributed by atoms with E-state index in [0.717, 1.165) is 22.2 Å². The molecule has 2 aliphatic rings. The van der Waals surface area contributed by atoms with E-state index in [1.54, 1.807) is 65.2 Å². The van der Waals surface area contributed by atoms with E-state index in [1.807, 2.05) is 12.1 Å². The third-order valence-corrected chi connectivity index (χ3v) is 12.6. The summed E-state index contributed by atoms with van der Waals surface area (Å²) in [7, 11) is -2.16. The van der Waals surface area contributed by atoms with Crippen molar-refractivity contribution in [1.29, 1.82) is 0 Å². The first-order valence-corrected chi connectivity index (χ1v) is 20.0. The highest BCUT2D eigenvalue weighted by atomic mass is 28.3. The summed E-state index contributed by atoms with van der Waals surface area (Å²) in [4.78, 5) is 70.6. The zero-order valence-electron chi connectivity index (χ0n) is 30.4. The van der Waals surface area contributed by atoms with Gasteiger partial charge in [0.25, 0.3) is 5.56 Å². The highest BCUT2D eigenvalue weighted by molar-refractivity contribution is 6.91. The molecule has 5 rings (SSSR count). The van der Waals surface area contributed by atoms with Gasteiger partial charge in [0, 0.05) is 16.6 Å². The Hall–Kier alpha value is -4.72. The molecule has 0 bridgehead atoms. The lowest BCUT2D eigenvalue weighted by molar-refractivity contribution is -0.188. The number of alkyl carbamates (subject to hydrolysis) is 1. The molecular formula is C36H46N4O9Si. The van der Waals surface area contributed by atoms with Crippen LogP contribution in [0.5, 0.6) is 0 Å². The number of ether oxygens (including phenoxy) is 4. The Kier molecular flexibility index (Phi) is 9.41. The summed E-state index contributed by atoms with van der Waals surface area (Å²) >= 11 is 0. The van der Waals surface area contributed by atoms with Gasteiger partial charge in [-0.1, -0.05) is 33.0 Å². The Bertz CT molecular complexity index is 1970. The minimum atomic E-state index is -2.16. The standard InChI is InChI=1S/C36H46N4O9Si/c1-11-36(47-27(41)17-37-32(44)48-34(3,4)5)24-16-26-28-22(18-40(26)30(42)23(24)19-46-31(36)43)29(50(9,10)12-2)21-15-20(13-14-25(21)39-28)38-33(45)49-35(6,7)8/h13-16H,11-12,17-19H2,1-10H3,(H,37,44)(H,38,45). The molecule has 2 aliphatic heterocycles. The minimum Gasteiger partial charge on any atom is -0.457 e. The Morgan fingerprint density at radius 1 is 0.980 bits per heavy atom. The van der Waals surface area contributed by atoms with Crippen molar-refractivity contribution in [3.63, 3.8) is 0 Å². The highest BCUT2D eigenvalue weighted by Crippen LogP contribution is 2.41. The smallest absolute Gasteiger partial charge is 0.412 e. The van der Waals surface area contributed by atoms with Crippen molar-refractivity contribution in [3.8, 4) is 11.4 Å². The number of nitrogens with zero attached hydrogens (tertiary/aromatic N) is 2. The van der Waals surface area contributed by atoms with E-state index < -0.39 is 55.5 Å². The fraction of sp³-hybridized carbons (Fsp3) is 0.500. The van der Waals surface area contributed by atoms with Crippen molar-refractivity contribution in [2.45, 2.75) is 111 Å². The van der Waals surface area contributed by atoms with E-state index in [-0.39, 0.29) is 36.3 Å². The number of fused-ring (bicyclic) bond motifs is 5. The maximum absolute atomic E-state index is 14.2. The fourth-order valence-electron chi connectivity index (χ4n) is 6.37. The zero-order valence-corrected chi connectivity index (χ0v) is 31.4. The number of rotatable bonds is 7. The van der Waals surface area contributed by atoms with Gasteiger partial charge in [-0.3, -0.25) is 14.9 Å². The molecule has 1 unspecified atom stereocenters. The third kappa shape index (κ3) is 6.98. The largest absolute Gasteiger partial charge is 0.457 e. The summed E-state index contributed by atoms with van der Waals surface area (Å²) in [5.41, 5.74) is -0.0449. The topological polar surface area (TPSA) is 164 Å². The van der Waals surface area contributed by atoms with Crippen LogP contribution in [0.15, 0.2) is 29.1 Å². The van der Waals surface area contributed by atoms with Crippen LogP contribution < -0.4 is 21.4 Å². The van der Waals surface area contributed by atoms with Crippen molar-refractivity contribution < 1.29 is 38.1 Å². The molecule has 4 heterocycles. The van der Waals surface area contributed by atoms with Crippen molar-refractivity contribution >= 4 is 54.0 Å². The van der Waals surface area contributed by atoms with Crippen molar-refractivity contribution in [2.24, 2.45) is 0 Å². The maximum atomic E-state index is 14.2. The molecule has 0 spiro atoms. The Morgan fingerprint density at radius 2 is 1.64 bits per heavy atom. The minimum absolute atomic E-state index is 0.0215. The van der Waals surface area contributed by atoms with Gasteiger partial charge in [0.1, 0.15) is 24.4 Å². The second kappa shape index (κ2) is 12.9. The van der Waals surface area contributed by atoms with Gasteiger partial charge in [0.15, 0.2) is 0 Å². The number of esters is 2. The molecule has 268 valence electrons. The number of anilines is 1. The predicted octanol–water partition coefficient (Wildman–Crippen LogP) is 5.44. The Balaban J connectivity index is 1.60. The van der Waals surface area contributed by atoms with Crippen LogP contribution in [0.3, 0.4) is 0 Å². The van der Waals surface area contributed by atoms with Gasteiger partial charge < -0.3 is 28.8 Å². The van der Waals surface area contributed by atoms with E-state index in [9.17, 15) is 24.0 Å². The molecule has 50 heavy (non-hydrogen) atoms. The van der Waals surface area contributed by atoms with Crippen molar-refractivity contribution in [3.05, 3.63) is 51.3 Å². The van der Waals surface area contributed by atoms with Crippen LogP contribution in [0.2, 0.25) is 19.1 Å². The number of hydrogen-bond acceptors (Lipinski definition) is 10. The van der Waals surface area contributed by atoms with Crippen molar-refractivity contribution in [2.75, 3.05) is 11.9 Å². The molecule has 0 aliphatic carbocycles. The van der Waals surface area contributed by atoms with E-state index >= 15 is 0 Å². The van der Waals surface area contributed by atoms with E-state index in [1.165, 1.54) is 0 Å². The Morgan fingerprint density at radius 3 is 2.26 bits per heavy atom. The molecule has 14 heteroatoms. The summed E-state index contributed by atoms with van der Waals surface area (Å²) in [5, 5.41) is 7.18.